The summed E-state index contributed by atoms with van der Waals surface area (Å²) in [5.74, 6) is 0.148. The molecule has 1 aliphatic heterocycles. The Morgan fingerprint density at radius 3 is 2.95 bits per heavy atom. The number of amides is 1. The zero-order valence-electron chi connectivity index (χ0n) is 11.2. The summed E-state index contributed by atoms with van der Waals surface area (Å²) in [5.41, 5.74) is 0.776. The van der Waals surface area contributed by atoms with Crippen molar-refractivity contribution in [3.63, 3.8) is 0 Å². The fourth-order valence-electron chi connectivity index (χ4n) is 2.53. The summed E-state index contributed by atoms with van der Waals surface area (Å²) in [6.45, 7) is 1.81. The molecule has 104 valence electrons. The number of rotatable bonds is 3. The second-order valence-corrected chi connectivity index (χ2v) is 7.28. The Morgan fingerprint density at radius 2 is 2.26 bits per heavy atom. The van der Waals surface area contributed by atoms with E-state index in [1.807, 2.05) is 23.1 Å². The molecule has 1 unspecified atom stereocenters. The van der Waals surface area contributed by atoms with Gasteiger partial charge in [0.25, 0.3) is 5.91 Å². The van der Waals surface area contributed by atoms with Crippen LogP contribution in [0.25, 0.3) is 0 Å². The summed E-state index contributed by atoms with van der Waals surface area (Å²) < 4.78 is 1.97. The Labute approximate surface area is 136 Å². The highest BCUT2D eigenvalue weighted by Crippen LogP contribution is 2.25. The normalized spacial score (nSPS) is 19.2. The van der Waals surface area contributed by atoms with Crippen LogP contribution in [0.3, 0.4) is 0 Å². The van der Waals surface area contributed by atoms with Crippen molar-refractivity contribution in [2.24, 2.45) is 0 Å². The van der Waals surface area contributed by atoms with Crippen molar-refractivity contribution in [1.29, 1.82) is 0 Å². The fourth-order valence-corrected chi connectivity index (χ4v) is 3.44. The zero-order chi connectivity index (χ0) is 14.0. The lowest BCUT2D eigenvalue weighted by atomic mass is 10.1. The molecule has 1 aromatic carbocycles. The van der Waals surface area contributed by atoms with Crippen molar-refractivity contribution in [1.82, 2.24) is 9.80 Å². The fraction of sp³-hybridized carbons (Fsp3) is 0.500. The van der Waals surface area contributed by atoms with Gasteiger partial charge in [0.2, 0.25) is 0 Å². The Kier molecular flexibility index (Phi) is 5.25. The van der Waals surface area contributed by atoms with Crippen molar-refractivity contribution in [3.05, 3.63) is 31.8 Å². The van der Waals surface area contributed by atoms with Gasteiger partial charge in [-0.1, -0.05) is 0 Å². The van der Waals surface area contributed by atoms with E-state index in [2.05, 4.69) is 57.5 Å². The molecular weight excluding hydrogens is 419 g/mol. The lowest BCUT2D eigenvalue weighted by Crippen LogP contribution is -2.41. The van der Waals surface area contributed by atoms with E-state index < -0.39 is 0 Å². The molecule has 0 aromatic heterocycles. The highest BCUT2D eigenvalue weighted by molar-refractivity contribution is 14.1. The molecule has 1 aliphatic rings. The predicted octanol–water partition coefficient (Wildman–Crippen LogP) is 3.22. The van der Waals surface area contributed by atoms with E-state index in [0.717, 1.165) is 39.5 Å². The van der Waals surface area contributed by atoms with Gasteiger partial charge in [-0.25, -0.2) is 0 Å². The molecule has 0 aliphatic carbocycles. The van der Waals surface area contributed by atoms with E-state index in [9.17, 15) is 4.79 Å². The Hall–Kier alpha value is -0.140. The maximum Gasteiger partial charge on any atom is 0.255 e. The van der Waals surface area contributed by atoms with E-state index in [-0.39, 0.29) is 5.91 Å². The smallest absolute Gasteiger partial charge is 0.255 e. The first-order valence-corrected chi connectivity index (χ1v) is 8.27. The molecule has 0 radical (unpaired) electrons. The predicted molar refractivity (Wildman–Crippen MR) is 89.5 cm³/mol. The van der Waals surface area contributed by atoms with Crippen molar-refractivity contribution < 1.29 is 4.79 Å². The van der Waals surface area contributed by atoms with Gasteiger partial charge in [-0.3, -0.25) is 4.79 Å². The molecule has 5 heteroatoms. The van der Waals surface area contributed by atoms with Gasteiger partial charge in [-0.2, -0.15) is 0 Å². The minimum atomic E-state index is 0.148. The van der Waals surface area contributed by atoms with Gasteiger partial charge in [0.15, 0.2) is 0 Å². The van der Waals surface area contributed by atoms with Gasteiger partial charge in [-0.05, 0) is 83.7 Å². The Morgan fingerprint density at radius 1 is 1.53 bits per heavy atom. The summed E-state index contributed by atoms with van der Waals surface area (Å²) in [6, 6.07) is 6.25. The molecule has 1 aromatic rings. The second-order valence-electron chi connectivity index (χ2n) is 5.18. The zero-order valence-corrected chi connectivity index (χ0v) is 14.9. The van der Waals surface area contributed by atoms with Crippen molar-refractivity contribution in [2.75, 3.05) is 27.2 Å². The largest absolute Gasteiger partial charge is 0.334 e. The molecule has 1 saturated heterocycles. The molecule has 1 fully saturated rings. The SMILES string of the molecule is CN(C)CC1CCCN1C(=O)c1cc(I)ccc1Br. The number of nitrogens with zero attached hydrogens (tertiary/aromatic N) is 2. The van der Waals surface area contributed by atoms with E-state index in [1.54, 1.807) is 0 Å². The van der Waals surface area contributed by atoms with Crippen LogP contribution in [0, 0.1) is 3.57 Å². The maximum atomic E-state index is 12.7. The number of hydrogen-bond acceptors (Lipinski definition) is 2. The number of likely N-dealkylation sites (tertiary alicyclic amines) is 1. The van der Waals surface area contributed by atoms with Gasteiger partial charge in [0, 0.05) is 27.2 Å². The average Bonchev–Trinajstić information content (AvgIpc) is 2.78. The van der Waals surface area contributed by atoms with E-state index in [4.69, 9.17) is 0 Å². The minimum Gasteiger partial charge on any atom is -0.334 e. The topological polar surface area (TPSA) is 23.6 Å². The third-order valence-corrected chi connectivity index (χ3v) is 4.74. The number of halogens is 2. The van der Waals surface area contributed by atoms with Crippen LogP contribution in [-0.4, -0.2) is 48.9 Å². The van der Waals surface area contributed by atoms with Crippen LogP contribution in [0.1, 0.15) is 23.2 Å². The lowest BCUT2D eigenvalue weighted by molar-refractivity contribution is 0.0715. The van der Waals surface area contributed by atoms with E-state index >= 15 is 0 Å². The van der Waals surface area contributed by atoms with Gasteiger partial charge in [0.05, 0.1) is 5.56 Å². The summed E-state index contributed by atoms with van der Waals surface area (Å²) in [6.07, 6.45) is 2.21. The molecular formula is C14H18BrIN2O. The van der Waals surface area contributed by atoms with Gasteiger partial charge in [-0.15, -0.1) is 0 Å². The van der Waals surface area contributed by atoms with Crippen LogP contribution in [0.5, 0.6) is 0 Å². The van der Waals surface area contributed by atoms with Crippen molar-refractivity contribution in [2.45, 2.75) is 18.9 Å². The van der Waals surface area contributed by atoms with Crippen molar-refractivity contribution in [3.8, 4) is 0 Å². The third kappa shape index (κ3) is 3.70. The number of hydrogen-bond donors (Lipinski definition) is 0. The molecule has 1 amide bonds. The first-order chi connectivity index (χ1) is 8.99. The lowest BCUT2D eigenvalue weighted by Gasteiger charge is -2.27. The first kappa shape index (κ1) is 15.3. The molecule has 0 bridgehead atoms. The van der Waals surface area contributed by atoms with Gasteiger partial charge < -0.3 is 9.80 Å². The second kappa shape index (κ2) is 6.54. The van der Waals surface area contributed by atoms with Crippen molar-refractivity contribution >= 4 is 44.4 Å². The summed E-state index contributed by atoms with van der Waals surface area (Å²) in [4.78, 5) is 16.9. The quantitative estimate of drug-likeness (QED) is 0.679. The van der Waals surface area contributed by atoms with Crippen LogP contribution in [0.4, 0.5) is 0 Å². The molecule has 1 atom stereocenters. The average molecular weight is 437 g/mol. The molecule has 19 heavy (non-hydrogen) atoms. The van der Waals surface area contributed by atoms with Crippen LogP contribution in [-0.2, 0) is 0 Å². The minimum absolute atomic E-state index is 0.148. The highest BCUT2D eigenvalue weighted by atomic mass is 127. The van der Waals surface area contributed by atoms with Crippen LogP contribution >= 0.6 is 38.5 Å². The van der Waals surface area contributed by atoms with E-state index in [0.29, 0.717) is 6.04 Å². The van der Waals surface area contributed by atoms with Gasteiger partial charge in [0.1, 0.15) is 0 Å². The summed E-state index contributed by atoms with van der Waals surface area (Å²) in [5, 5.41) is 0. The maximum absolute atomic E-state index is 12.7. The molecule has 3 nitrogen and oxygen atoms in total. The Bertz CT molecular complexity index is 479. The van der Waals surface area contributed by atoms with Crippen LogP contribution in [0.2, 0.25) is 0 Å². The Balaban J connectivity index is 2.20. The first-order valence-electron chi connectivity index (χ1n) is 6.40. The monoisotopic (exact) mass is 436 g/mol. The van der Waals surface area contributed by atoms with Gasteiger partial charge >= 0.3 is 0 Å². The number of benzene rings is 1. The number of carbonyl (C=O) groups is 1. The molecule has 0 spiro atoms. The molecule has 1 heterocycles. The molecule has 0 N–H and O–H groups in total. The highest BCUT2D eigenvalue weighted by Gasteiger charge is 2.30. The third-order valence-electron chi connectivity index (χ3n) is 3.37. The molecule has 2 rings (SSSR count). The van der Waals surface area contributed by atoms with Crippen LogP contribution < -0.4 is 0 Å². The molecule has 0 saturated carbocycles. The summed E-state index contributed by atoms with van der Waals surface area (Å²) in [7, 11) is 4.12. The van der Waals surface area contributed by atoms with E-state index in [1.165, 1.54) is 0 Å². The van der Waals surface area contributed by atoms with Crippen LogP contribution in [0.15, 0.2) is 22.7 Å². The standard InChI is InChI=1S/C14H18BrIN2O/c1-17(2)9-11-4-3-7-18(11)14(19)12-8-10(16)5-6-13(12)15/h5-6,8,11H,3-4,7,9H2,1-2H3. The number of likely N-dealkylation sites (N-methyl/N-ethyl adjacent to an activating group) is 1. The summed E-state index contributed by atoms with van der Waals surface area (Å²) >= 11 is 5.73. The number of carbonyl (C=O) groups excluding carboxylic acids is 1.